The molecule has 0 aromatic carbocycles. The summed E-state index contributed by atoms with van der Waals surface area (Å²) >= 11 is 1.52. The van der Waals surface area contributed by atoms with E-state index in [2.05, 4.69) is 10.3 Å². The van der Waals surface area contributed by atoms with Crippen molar-refractivity contribution < 1.29 is 14.7 Å². The summed E-state index contributed by atoms with van der Waals surface area (Å²) in [5.74, 6) is -1.11. The van der Waals surface area contributed by atoms with Crippen LogP contribution in [0.1, 0.15) is 37.4 Å². The van der Waals surface area contributed by atoms with Gasteiger partial charge >= 0.3 is 5.97 Å². The molecule has 1 aromatic rings. The Morgan fingerprint density at radius 3 is 2.74 bits per heavy atom. The van der Waals surface area contributed by atoms with Gasteiger partial charge in [0.2, 0.25) is 5.91 Å². The van der Waals surface area contributed by atoms with Gasteiger partial charge < -0.3 is 10.4 Å². The Labute approximate surface area is 116 Å². The Hall–Kier alpha value is -1.69. The zero-order valence-corrected chi connectivity index (χ0v) is 12.1. The number of carboxylic acid groups (broad SMARTS) is 1. The number of hydrogen-bond acceptors (Lipinski definition) is 4. The Bertz CT molecular complexity index is 492. The largest absolute Gasteiger partial charge is 0.481 e. The molecule has 0 aliphatic rings. The number of carboxylic acids is 1. The number of nitrogens with one attached hydrogen (secondary N) is 1. The molecule has 0 fully saturated rings. The zero-order chi connectivity index (χ0) is 14.5. The van der Waals surface area contributed by atoms with Crippen LogP contribution in [0.3, 0.4) is 0 Å². The van der Waals surface area contributed by atoms with Crippen molar-refractivity contribution in [2.45, 2.75) is 39.2 Å². The molecule has 0 aliphatic heterocycles. The molecule has 1 heterocycles. The maximum absolute atomic E-state index is 11.7. The van der Waals surface area contributed by atoms with Gasteiger partial charge in [0.05, 0.1) is 10.7 Å². The van der Waals surface area contributed by atoms with Crippen molar-refractivity contribution in [2.75, 3.05) is 0 Å². The Kier molecular flexibility index (Phi) is 5.23. The minimum Gasteiger partial charge on any atom is -0.481 e. The summed E-state index contributed by atoms with van der Waals surface area (Å²) in [6, 6.07) is 0. The van der Waals surface area contributed by atoms with Crippen LogP contribution < -0.4 is 5.32 Å². The Morgan fingerprint density at radius 2 is 2.21 bits per heavy atom. The van der Waals surface area contributed by atoms with Crippen LogP contribution in [0.5, 0.6) is 0 Å². The molecule has 0 unspecified atom stereocenters. The molecule has 1 aromatic heterocycles. The maximum Gasteiger partial charge on any atom is 0.303 e. The first-order valence-electron chi connectivity index (χ1n) is 5.93. The first-order chi connectivity index (χ1) is 8.78. The Balaban J connectivity index is 2.50. The number of carbonyl (C=O) groups is 2. The summed E-state index contributed by atoms with van der Waals surface area (Å²) < 4.78 is 0. The smallest absolute Gasteiger partial charge is 0.303 e. The first kappa shape index (κ1) is 15.4. The lowest BCUT2D eigenvalue weighted by Crippen LogP contribution is -2.42. The Morgan fingerprint density at radius 1 is 1.53 bits per heavy atom. The van der Waals surface area contributed by atoms with E-state index in [1.165, 1.54) is 17.4 Å². The molecule has 2 N–H and O–H groups in total. The zero-order valence-electron chi connectivity index (χ0n) is 11.3. The van der Waals surface area contributed by atoms with E-state index in [0.29, 0.717) is 6.42 Å². The van der Waals surface area contributed by atoms with Crippen LogP contribution in [0, 0.1) is 6.92 Å². The van der Waals surface area contributed by atoms with Gasteiger partial charge in [-0.15, -0.1) is 11.3 Å². The van der Waals surface area contributed by atoms with E-state index in [-0.39, 0.29) is 12.3 Å². The van der Waals surface area contributed by atoms with Crippen LogP contribution in [0.2, 0.25) is 0 Å². The molecule has 6 heteroatoms. The second-order valence-corrected chi connectivity index (χ2v) is 5.95. The average molecular weight is 282 g/mol. The monoisotopic (exact) mass is 282 g/mol. The molecule has 19 heavy (non-hydrogen) atoms. The molecule has 0 aliphatic carbocycles. The molecule has 104 valence electrons. The highest BCUT2D eigenvalue weighted by Gasteiger charge is 2.20. The molecule has 0 spiro atoms. The predicted molar refractivity (Wildman–Crippen MR) is 75.0 cm³/mol. The molecule has 5 nitrogen and oxygen atoms in total. The number of hydrogen-bond donors (Lipinski definition) is 2. The van der Waals surface area contributed by atoms with Gasteiger partial charge in [0.15, 0.2) is 0 Å². The highest BCUT2D eigenvalue weighted by atomic mass is 32.1. The van der Waals surface area contributed by atoms with Crippen molar-refractivity contribution in [2.24, 2.45) is 0 Å². The number of aryl methyl sites for hydroxylation is 1. The fraction of sp³-hybridized carbons (Fsp3) is 0.462. The van der Waals surface area contributed by atoms with Crippen molar-refractivity contribution in [1.82, 2.24) is 10.3 Å². The summed E-state index contributed by atoms with van der Waals surface area (Å²) in [7, 11) is 0. The fourth-order valence-electron chi connectivity index (χ4n) is 1.47. The lowest BCUT2D eigenvalue weighted by molar-refractivity contribution is -0.137. The molecule has 1 rings (SSSR count). The third-order valence-electron chi connectivity index (χ3n) is 2.47. The number of aromatic nitrogens is 1. The van der Waals surface area contributed by atoms with Gasteiger partial charge in [0, 0.05) is 23.4 Å². The van der Waals surface area contributed by atoms with E-state index in [0.717, 1.165) is 10.7 Å². The molecule has 0 saturated heterocycles. The van der Waals surface area contributed by atoms with E-state index in [1.807, 2.05) is 12.3 Å². The average Bonchev–Trinajstić information content (AvgIpc) is 2.69. The van der Waals surface area contributed by atoms with Crippen molar-refractivity contribution in [3.05, 3.63) is 22.2 Å². The minimum absolute atomic E-state index is 0.0300. The number of nitrogens with zero attached hydrogens (tertiary/aromatic N) is 1. The van der Waals surface area contributed by atoms with Gasteiger partial charge in [-0.2, -0.15) is 0 Å². The van der Waals surface area contributed by atoms with Gasteiger partial charge in [-0.3, -0.25) is 9.59 Å². The number of aliphatic carboxylic acids is 1. The molecule has 1 amide bonds. The highest BCUT2D eigenvalue weighted by Crippen LogP contribution is 2.12. The van der Waals surface area contributed by atoms with Crippen LogP contribution in [0.25, 0.3) is 6.08 Å². The lowest BCUT2D eigenvalue weighted by atomic mass is 9.98. The molecule has 0 atom stereocenters. The topological polar surface area (TPSA) is 79.3 Å². The van der Waals surface area contributed by atoms with Gasteiger partial charge in [-0.05, 0) is 33.3 Å². The summed E-state index contributed by atoms with van der Waals surface area (Å²) in [6.45, 7) is 5.50. The van der Waals surface area contributed by atoms with E-state index < -0.39 is 11.5 Å². The van der Waals surface area contributed by atoms with Crippen LogP contribution in [-0.4, -0.2) is 27.5 Å². The highest BCUT2D eigenvalue weighted by molar-refractivity contribution is 7.09. The molecular formula is C13H18N2O3S. The third-order valence-corrected chi connectivity index (χ3v) is 3.26. The van der Waals surface area contributed by atoms with E-state index in [4.69, 9.17) is 5.11 Å². The predicted octanol–water partition coefficient (Wildman–Crippen LogP) is 2.22. The minimum atomic E-state index is -0.865. The molecular weight excluding hydrogens is 264 g/mol. The lowest BCUT2D eigenvalue weighted by Gasteiger charge is -2.24. The quantitative estimate of drug-likeness (QED) is 0.784. The summed E-state index contributed by atoms with van der Waals surface area (Å²) in [5, 5.41) is 14.2. The number of thiazole rings is 1. The van der Waals surface area contributed by atoms with Crippen molar-refractivity contribution >= 4 is 29.3 Å². The summed E-state index contributed by atoms with van der Waals surface area (Å²) in [5.41, 5.74) is 0.207. The maximum atomic E-state index is 11.7. The molecule has 0 radical (unpaired) electrons. The molecule has 0 saturated carbocycles. The first-order valence-corrected chi connectivity index (χ1v) is 6.81. The fourth-order valence-corrected chi connectivity index (χ4v) is 2.06. The van der Waals surface area contributed by atoms with Gasteiger partial charge in [0.1, 0.15) is 0 Å². The van der Waals surface area contributed by atoms with Crippen LogP contribution in [0.15, 0.2) is 11.5 Å². The molecule has 0 bridgehead atoms. The standard InChI is InChI=1S/C13H18N2O3S/c1-9-14-10(8-19-9)4-5-11(16)15-13(2,3)7-6-12(17)18/h4-5,8H,6-7H2,1-3H3,(H,15,16)(H,17,18). The van der Waals surface area contributed by atoms with Crippen molar-refractivity contribution in [3.63, 3.8) is 0 Å². The summed E-state index contributed by atoms with van der Waals surface area (Å²) in [6.07, 6.45) is 3.48. The second kappa shape index (κ2) is 6.47. The SMILES string of the molecule is Cc1nc(C=CC(=O)NC(C)(C)CCC(=O)O)cs1. The van der Waals surface area contributed by atoms with Gasteiger partial charge in [-0.25, -0.2) is 4.98 Å². The summed E-state index contributed by atoms with van der Waals surface area (Å²) in [4.78, 5) is 26.4. The number of rotatable bonds is 6. The number of carbonyl (C=O) groups excluding carboxylic acids is 1. The van der Waals surface area contributed by atoms with E-state index in [9.17, 15) is 9.59 Å². The van der Waals surface area contributed by atoms with Crippen LogP contribution in [-0.2, 0) is 9.59 Å². The van der Waals surface area contributed by atoms with Gasteiger partial charge in [-0.1, -0.05) is 0 Å². The normalized spacial score (nSPS) is 11.7. The third kappa shape index (κ3) is 6.15. The van der Waals surface area contributed by atoms with E-state index in [1.54, 1.807) is 19.9 Å². The van der Waals surface area contributed by atoms with Crippen molar-refractivity contribution in [3.8, 4) is 0 Å². The van der Waals surface area contributed by atoms with E-state index >= 15 is 0 Å². The van der Waals surface area contributed by atoms with Gasteiger partial charge in [0.25, 0.3) is 0 Å². The van der Waals surface area contributed by atoms with Crippen LogP contribution >= 0.6 is 11.3 Å². The second-order valence-electron chi connectivity index (χ2n) is 4.89. The van der Waals surface area contributed by atoms with Crippen LogP contribution in [0.4, 0.5) is 0 Å². The van der Waals surface area contributed by atoms with Crippen molar-refractivity contribution in [1.29, 1.82) is 0 Å². The number of amides is 1.